The third-order valence-corrected chi connectivity index (χ3v) is 7.64. The number of aliphatic carboxylic acids is 1. The van der Waals surface area contributed by atoms with Crippen molar-refractivity contribution in [3.8, 4) is 11.5 Å². The smallest absolute Gasteiger partial charge is 0.303 e. The van der Waals surface area contributed by atoms with E-state index in [1.807, 2.05) is 23.6 Å². The predicted molar refractivity (Wildman–Crippen MR) is 159 cm³/mol. The zero-order valence-electron chi connectivity index (χ0n) is 24.9. The van der Waals surface area contributed by atoms with E-state index in [1.165, 1.54) is 0 Å². The fourth-order valence-electron chi connectivity index (χ4n) is 5.39. The first kappa shape index (κ1) is 34.6. The number of nitrogens with one attached hydrogen (secondary N) is 1. The summed E-state index contributed by atoms with van der Waals surface area (Å²) in [7, 11) is 3.24. The molecule has 2 N–H and O–H groups in total. The van der Waals surface area contributed by atoms with Crippen molar-refractivity contribution in [3.05, 3.63) is 23.8 Å². The number of methoxy groups -OCH3 is 2. The van der Waals surface area contributed by atoms with Crippen molar-refractivity contribution in [1.29, 1.82) is 0 Å². The Bertz CT molecular complexity index is 981. The van der Waals surface area contributed by atoms with Crippen LogP contribution >= 0.6 is 12.4 Å². The Hall–Kier alpha value is -2.56. The van der Waals surface area contributed by atoms with Gasteiger partial charge in [0, 0.05) is 75.8 Å². The van der Waals surface area contributed by atoms with Crippen LogP contribution in [-0.4, -0.2) is 97.4 Å². The average Bonchev–Trinajstić information content (AvgIpc) is 3.77. The average molecular weight is 598 g/mol. The Morgan fingerprint density at radius 1 is 1.00 bits per heavy atom. The zero-order valence-corrected chi connectivity index (χ0v) is 25.7. The van der Waals surface area contributed by atoms with Gasteiger partial charge in [0.05, 0.1) is 13.7 Å². The summed E-state index contributed by atoms with van der Waals surface area (Å²) in [6.45, 7) is 6.53. The molecule has 1 heterocycles. The molecule has 2 amide bonds. The number of rotatable bonds is 17. The van der Waals surface area contributed by atoms with Crippen molar-refractivity contribution in [2.24, 2.45) is 0 Å². The lowest BCUT2D eigenvalue weighted by Crippen LogP contribution is -2.54. The highest BCUT2D eigenvalue weighted by Crippen LogP contribution is 2.31. The van der Waals surface area contributed by atoms with Gasteiger partial charge in [0.2, 0.25) is 5.91 Å². The van der Waals surface area contributed by atoms with Crippen LogP contribution in [-0.2, 0) is 14.3 Å². The van der Waals surface area contributed by atoms with Crippen LogP contribution in [0.2, 0.25) is 0 Å². The molecule has 1 aliphatic carbocycles. The molecule has 0 aromatic heterocycles. The van der Waals surface area contributed by atoms with Gasteiger partial charge in [0.25, 0.3) is 5.91 Å². The molecule has 2 aliphatic rings. The first-order chi connectivity index (χ1) is 19.2. The summed E-state index contributed by atoms with van der Waals surface area (Å²) >= 11 is 0. The molecule has 3 rings (SSSR count). The summed E-state index contributed by atoms with van der Waals surface area (Å²) < 4.78 is 16.4. The van der Waals surface area contributed by atoms with Crippen molar-refractivity contribution in [2.75, 3.05) is 40.5 Å². The Balaban J connectivity index is 0.00000588. The molecule has 2 atom stereocenters. The number of amides is 2. The number of piperidine rings is 1. The molecule has 232 valence electrons. The minimum Gasteiger partial charge on any atom is -0.493 e. The zero-order chi connectivity index (χ0) is 29.1. The number of benzene rings is 1. The van der Waals surface area contributed by atoms with Gasteiger partial charge in [-0.1, -0.05) is 0 Å². The lowest BCUT2D eigenvalue weighted by molar-refractivity contribution is -0.137. The quantitative estimate of drug-likeness (QED) is 0.257. The molecular formula is C30H48ClN3O7. The standard InChI is InChI=1S/C30H47N3O7.ClH/c1-21(2)33(30(37)22-9-14-26(39-4)27(19-22)40-18-6-17-38-3)25-11-10-23(31-20-25)15-16-32(24-12-13-24)28(34)7-5-8-29(35)36;/h9,14,19,21,23-25,31H,5-8,10-13,15-18,20H2,1-4H3,(H,35,36);1H. The van der Waals surface area contributed by atoms with Crippen LogP contribution in [0.25, 0.3) is 0 Å². The van der Waals surface area contributed by atoms with E-state index in [0.29, 0.717) is 62.2 Å². The Kier molecular flexibility index (Phi) is 14.7. The molecule has 1 saturated carbocycles. The SMILES string of the molecule is COCCCOc1cc(C(=O)N(C(C)C)C2CCC(CCN(C(=O)CCCC(=O)O)C3CC3)NC2)ccc1OC.Cl. The van der Waals surface area contributed by atoms with Crippen LogP contribution in [0.4, 0.5) is 0 Å². The molecule has 2 unspecified atom stereocenters. The normalized spacial score (nSPS) is 18.4. The number of carbonyl (C=O) groups is 3. The molecule has 0 spiro atoms. The lowest BCUT2D eigenvalue weighted by Gasteiger charge is -2.40. The number of carbonyl (C=O) groups excluding carboxylic acids is 2. The maximum Gasteiger partial charge on any atom is 0.303 e. The third-order valence-electron chi connectivity index (χ3n) is 7.64. The largest absolute Gasteiger partial charge is 0.493 e. The molecule has 41 heavy (non-hydrogen) atoms. The molecule has 1 aromatic carbocycles. The van der Waals surface area contributed by atoms with E-state index in [-0.39, 0.29) is 48.8 Å². The van der Waals surface area contributed by atoms with Gasteiger partial charge < -0.3 is 34.4 Å². The van der Waals surface area contributed by atoms with Gasteiger partial charge in [-0.25, -0.2) is 0 Å². The van der Waals surface area contributed by atoms with Gasteiger partial charge >= 0.3 is 5.97 Å². The molecular weight excluding hydrogens is 550 g/mol. The van der Waals surface area contributed by atoms with Gasteiger partial charge in [0.15, 0.2) is 11.5 Å². The van der Waals surface area contributed by atoms with Gasteiger partial charge in [-0.3, -0.25) is 14.4 Å². The highest BCUT2D eigenvalue weighted by molar-refractivity contribution is 5.95. The van der Waals surface area contributed by atoms with Crippen molar-refractivity contribution >= 4 is 30.2 Å². The molecule has 0 bridgehead atoms. The maximum atomic E-state index is 13.7. The summed E-state index contributed by atoms with van der Waals surface area (Å²) in [5, 5.41) is 12.5. The second-order valence-electron chi connectivity index (χ2n) is 11.1. The Labute approximate surface area is 250 Å². The molecule has 0 radical (unpaired) electrons. The monoisotopic (exact) mass is 597 g/mol. The fourth-order valence-corrected chi connectivity index (χ4v) is 5.39. The maximum absolute atomic E-state index is 13.7. The molecule has 1 saturated heterocycles. The number of halogens is 1. The van der Waals surface area contributed by atoms with Gasteiger partial charge in [-0.05, 0) is 70.6 Å². The van der Waals surface area contributed by atoms with Crippen molar-refractivity contribution in [1.82, 2.24) is 15.1 Å². The van der Waals surface area contributed by atoms with Crippen LogP contribution in [0.15, 0.2) is 18.2 Å². The number of carboxylic acids is 1. The summed E-state index contributed by atoms with van der Waals surface area (Å²) in [6.07, 6.45) is 6.16. The summed E-state index contributed by atoms with van der Waals surface area (Å²) in [5.74, 6) is 0.312. The number of ether oxygens (including phenoxy) is 3. The van der Waals surface area contributed by atoms with Gasteiger partial charge in [0.1, 0.15) is 0 Å². The lowest BCUT2D eigenvalue weighted by atomic mass is 9.95. The summed E-state index contributed by atoms with van der Waals surface area (Å²) in [6, 6.07) is 6.01. The first-order valence-electron chi connectivity index (χ1n) is 14.6. The van der Waals surface area contributed by atoms with E-state index < -0.39 is 5.97 Å². The van der Waals surface area contributed by atoms with Crippen molar-refractivity contribution in [3.63, 3.8) is 0 Å². The minimum atomic E-state index is -0.862. The third kappa shape index (κ3) is 10.7. The molecule has 1 aromatic rings. The molecule has 2 fully saturated rings. The van der Waals surface area contributed by atoms with E-state index in [9.17, 15) is 14.4 Å². The van der Waals surface area contributed by atoms with E-state index in [2.05, 4.69) is 5.32 Å². The molecule has 11 heteroatoms. The fraction of sp³-hybridized carbons (Fsp3) is 0.700. The topological polar surface area (TPSA) is 118 Å². The van der Waals surface area contributed by atoms with E-state index in [0.717, 1.165) is 38.5 Å². The number of carboxylic acid groups (broad SMARTS) is 1. The van der Waals surface area contributed by atoms with Gasteiger partial charge in [-0.2, -0.15) is 0 Å². The minimum absolute atomic E-state index is 0. The van der Waals surface area contributed by atoms with Crippen LogP contribution in [0, 0.1) is 0 Å². The van der Waals surface area contributed by atoms with E-state index >= 15 is 0 Å². The summed E-state index contributed by atoms with van der Waals surface area (Å²) in [5.41, 5.74) is 0.569. The van der Waals surface area contributed by atoms with Gasteiger partial charge in [-0.15, -0.1) is 12.4 Å². The number of hydrogen-bond donors (Lipinski definition) is 2. The second-order valence-corrected chi connectivity index (χ2v) is 11.1. The predicted octanol–water partition coefficient (Wildman–Crippen LogP) is 4.14. The first-order valence-corrected chi connectivity index (χ1v) is 14.6. The van der Waals surface area contributed by atoms with Crippen LogP contribution in [0.3, 0.4) is 0 Å². The van der Waals surface area contributed by atoms with Crippen LogP contribution in [0.5, 0.6) is 11.5 Å². The molecule has 1 aliphatic heterocycles. The Morgan fingerprint density at radius 2 is 1.73 bits per heavy atom. The highest BCUT2D eigenvalue weighted by atomic mass is 35.5. The van der Waals surface area contributed by atoms with Crippen LogP contribution < -0.4 is 14.8 Å². The highest BCUT2D eigenvalue weighted by Gasteiger charge is 2.34. The Morgan fingerprint density at radius 3 is 2.32 bits per heavy atom. The van der Waals surface area contributed by atoms with E-state index in [4.69, 9.17) is 19.3 Å². The second kappa shape index (κ2) is 17.4. The van der Waals surface area contributed by atoms with Crippen LogP contribution in [0.1, 0.15) is 82.0 Å². The summed E-state index contributed by atoms with van der Waals surface area (Å²) in [4.78, 5) is 41.1. The van der Waals surface area contributed by atoms with Crippen molar-refractivity contribution in [2.45, 2.75) is 95.8 Å². The van der Waals surface area contributed by atoms with Crippen molar-refractivity contribution < 1.29 is 33.7 Å². The number of hydrogen-bond acceptors (Lipinski definition) is 7. The number of nitrogens with zero attached hydrogens (tertiary/aromatic N) is 2. The van der Waals surface area contributed by atoms with E-state index in [1.54, 1.807) is 32.4 Å². The molecule has 10 nitrogen and oxygen atoms in total.